The Hall–Kier alpha value is -3.94. The van der Waals surface area contributed by atoms with E-state index in [1.807, 2.05) is 24.3 Å². The number of carboxylic acids is 2. The van der Waals surface area contributed by atoms with Crippen LogP contribution >= 0.6 is 35.1 Å². The predicted molar refractivity (Wildman–Crippen MR) is 222 cm³/mol. The molecule has 4 atom stereocenters. The zero-order chi connectivity index (χ0) is 47.0. The molecule has 342 valence electrons. The number of methoxy groups -OCH3 is 2. The topological polar surface area (TPSA) is 296 Å². The third kappa shape index (κ3) is 17.0. The van der Waals surface area contributed by atoms with E-state index >= 15 is 0 Å². The number of hydrogen-bond donors (Lipinski definition) is 3. The average molecular weight is 984 g/mol. The van der Waals surface area contributed by atoms with Gasteiger partial charge in [-0.2, -0.15) is 0 Å². The van der Waals surface area contributed by atoms with Gasteiger partial charge in [-0.3, -0.25) is 43.4 Å². The Kier molecular flexibility index (Phi) is 26.3. The number of aliphatic carboxylic acids is 2. The minimum absolute atomic E-state index is 0. The minimum Gasteiger partial charge on any atom is -1.00 e. The number of β-lactam (4-membered cyclic amide) rings is 2. The fourth-order valence-electron chi connectivity index (χ4n) is 6.27. The van der Waals surface area contributed by atoms with Crippen molar-refractivity contribution >= 4 is 88.3 Å². The molecule has 0 spiro atoms. The van der Waals surface area contributed by atoms with Gasteiger partial charge in [0.05, 0.1) is 25.5 Å². The molecule has 4 aliphatic rings. The fourth-order valence-corrected chi connectivity index (χ4v) is 9.09. The van der Waals surface area contributed by atoms with E-state index in [0.29, 0.717) is 28.4 Å². The molecule has 0 bridgehead atoms. The van der Waals surface area contributed by atoms with Crippen molar-refractivity contribution in [3.05, 3.63) is 82.2 Å². The number of ketones is 1. The van der Waals surface area contributed by atoms with E-state index < -0.39 is 47.1 Å². The summed E-state index contributed by atoms with van der Waals surface area (Å²) in [6.45, 7) is 2.01. The van der Waals surface area contributed by atoms with Crippen LogP contribution in [0.15, 0.2) is 71.1 Å². The number of thioether (sulfide) groups is 2. The normalized spacial score (nSPS) is 18.6. The maximum atomic E-state index is 12.6. The SMILES string of the molecule is CC(=O)OCC1=C(C(=O)O)N2C(=O)[C@@H](N)[C@H]2SC1.COc1cccc(CC(=O)C[C@@H]2C(=O)N3C(C(=O)O)=C(COC(C)=O)CS[C@H]23)c1.COc1cccc(CC(=O)Cl)c1.O=CO[O-].[H-].[Na+].[Na+]. The van der Waals surface area contributed by atoms with Gasteiger partial charge in [0, 0.05) is 55.8 Å². The molecule has 2 aromatic carbocycles. The number of halogens is 1. The first-order chi connectivity index (χ1) is 29.9. The minimum atomic E-state index is -1.24. The molecule has 4 N–H and O–H groups in total. The number of fused-ring (bicyclic) bond motifs is 2. The summed E-state index contributed by atoms with van der Waals surface area (Å²) in [7, 11) is 3.13. The number of Topliss-reactive ketones (excluding diaryl/α,β-unsaturated/α-hetero) is 1. The summed E-state index contributed by atoms with van der Waals surface area (Å²) in [5, 5.41) is 26.0. The van der Waals surface area contributed by atoms with Crippen molar-refractivity contribution in [1.82, 2.24) is 9.80 Å². The van der Waals surface area contributed by atoms with Crippen molar-refractivity contribution in [2.45, 2.75) is 49.9 Å². The maximum Gasteiger partial charge on any atom is 1.00 e. The van der Waals surface area contributed by atoms with Crippen molar-refractivity contribution in [3.8, 4) is 11.5 Å². The predicted octanol–water partition coefficient (Wildman–Crippen LogP) is -4.68. The third-order valence-corrected chi connectivity index (χ3v) is 11.9. The molecular formula is C40H44ClN3Na2O17S2. The molecule has 0 aliphatic carbocycles. The van der Waals surface area contributed by atoms with E-state index in [9.17, 15) is 43.5 Å². The largest absolute Gasteiger partial charge is 1.00 e. The number of rotatable bonds is 15. The number of esters is 2. The Labute approximate surface area is 431 Å². The number of carbonyl (C=O) groups excluding carboxylic acids is 7. The Morgan fingerprint density at radius 2 is 1.23 bits per heavy atom. The first kappa shape index (κ1) is 59.1. The van der Waals surface area contributed by atoms with Gasteiger partial charge in [-0.1, -0.05) is 24.3 Å². The standard InChI is InChI=1S/C20H21NO7S.C10H12N2O5S.C9H9ClO2.CH2O3.2Na.H/c1-11(22)28-9-13-10-29-19-16(18(24)21(19)17(13)20(25)26)8-14(23)6-12-4-3-5-15(7-12)27-2;1-4(13)17-2-5-3-18-9-6(11)8(14)12(9)7(5)10(15)16;1-12-8-4-2-3-7(5-8)6-9(10)11;2-1-4-3;;;/h3-5,7,16,19H,6,8-10H2,1-2H3,(H,25,26);6,9H,2-3,11H2,1H3,(H,15,16);2-5H,6H2,1H3;1,3H;;;/q;;;;2*+1;-1/p-1/t16-,19-;6-,9-;;;;;/m11...../s1. The molecule has 25 heteroatoms. The zero-order valence-corrected chi connectivity index (χ0v) is 42.5. The van der Waals surface area contributed by atoms with Gasteiger partial charge >= 0.3 is 83.0 Å². The smallest absolute Gasteiger partial charge is 1.00 e. The number of ether oxygens (including phenoxy) is 4. The first-order valence-corrected chi connectivity index (χ1v) is 20.9. The van der Waals surface area contributed by atoms with Gasteiger partial charge in [0.15, 0.2) is 0 Å². The molecule has 4 heterocycles. The van der Waals surface area contributed by atoms with Crippen molar-refractivity contribution in [3.63, 3.8) is 0 Å². The van der Waals surface area contributed by atoms with Crippen LogP contribution in [0.1, 0.15) is 32.8 Å². The molecule has 6 rings (SSSR count). The van der Waals surface area contributed by atoms with Crippen LogP contribution < -0.4 is 79.6 Å². The first-order valence-electron chi connectivity index (χ1n) is 18.4. The molecule has 2 saturated heterocycles. The zero-order valence-electron chi connectivity index (χ0n) is 37.1. The van der Waals surface area contributed by atoms with E-state index in [4.69, 9.17) is 51.4 Å². The summed E-state index contributed by atoms with van der Waals surface area (Å²) < 4.78 is 19.8. The number of carboxylic acid groups (broad SMARTS) is 2. The number of hydrogen-bond acceptors (Lipinski definition) is 18. The van der Waals surface area contributed by atoms with Crippen LogP contribution in [0.25, 0.3) is 0 Å². The van der Waals surface area contributed by atoms with E-state index in [2.05, 4.69) is 4.89 Å². The van der Waals surface area contributed by atoms with Crippen molar-refractivity contribution in [2.24, 2.45) is 11.7 Å². The fraction of sp³-hybridized carbons (Fsp3) is 0.375. The monoisotopic (exact) mass is 983 g/mol. The molecule has 0 unspecified atom stereocenters. The van der Waals surface area contributed by atoms with Crippen molar-refractivity contribution in [2.75, 3.05) is 38.9 Å². The average Bonchev–Trinajstić information content (AvgIpc) is 3.25. The molecule has 20 nitrogen and oxygen atoms in total. The van der Waals surface area contributed by atoms with E-state index in [1.165, 1.54) is 47.2 Å². The Bertz CT molecular complexity index is 2170. The Balaban J connectivity index is 0.000000978. The summed E-state index contributed by atoms with van der Waals surface area (Å²) in [5.74, 6) is -2.81. The van der Waals surface area contributed by atoms with Crippen LogP contribution in [0.3, 0.4) is 0 Å². The number of nitrogens with two attached hydrogens (primary N) is 1. The number of carbonyl (C=O) groups is 9. The van der Waals surface area contributed by atoms with Crippen molar-refractivity contribution in [1.29, 1.82) is 0 Å². The molecule has 4 aliphatic heterocycles. The van der Waals surface area contributed by atoms with Crippen LogP contribution in [0, 0.1) is 5.92 Å². The number of benzene rings is 2. The summed E-state index contributed by atoms with van der Waals surface area (Å²) in [6.07, 6.45) is 0.479. The molecule has 0 saturated carbocycles. The second-order valence-electron chi connectivity index (χ2n) is 13.4. The Morgan fingerprint density at radius 1 is 0.800 bits per heavy atom. The Morgan fingerprint density at radius 3 is 1.63 bits per heavy atom. The number of amides is 2. The van der Waals surface area contributed by atoms with Gasteiger partial charge in [-0.05, 0) is 47.0 Å². The summed E-state index contributed by atoms with van der Waals surface area (Å²) in [4.78, 5) is 106. The van der Waals surface area contributed by atoms with Gasteiger partial charge in [0.2, 0.25) is 17.1 Å². The molecule has 2 amide bonds. The van der Waals surface area contributed by atoms with Crippen LogP contribution in [0.5, 0.6) is 11.5 Å². The number of nitrogens with zero attached hydrogens (tertiary/aromatic N) is 2. The van der Waals surface area contributed by atoms with E-state index in [1.54, 1.807) is 38.5 Å². The van der Waals surface area contributed by atoms with Gasteiger partial charge in [-0.25, -0.2) is 9.59 Å². The quantitative estimate of drug-likeness (QED) is 0.0287. The molecular weight excluding hydrogens is 940 g/mol. The molecule has 65 heavy (non-hydrogen) atoms. The van der Waals surface area contributed by atoms with Gasteiger partial charge in [0.1, 0.15) is 53.3 Å². The van der Waals surface area contributed by atoms with E-state index in [0.717, 1.165) is 16.9 Å². The van der Waals surface area contributed by atoms with Crippen LogP contribution in [-0.2, 0) is 70.4 Å². The molecule has 0 aromatic heterocycles. The van der Waals surface area contributed by atoms with Crippen molar-refractivity contribution < 1.29 is 143 Å². The summed E-state index contributed by atoms with van der Waals surface area (Å²) in [5.41, 5.74) is 7.81. The molecule has 2 fully saturated rings. The second kappa shape index (κ2) is 29.0. The van der Waals surface area contributed by atoms with Crippen LogP contribution in [-0.4, -0.2) is 129 Å². The summed E-state index contributed by atoms with van der Waals surface area (Å²) in [6, 6.07) is 13.8. The maximum absolute atomic E-state index is 12.6. The van der Waals surface area contributed by atoms with Gasteiger partial charge in [0.25, 0.3) is 6.47 Å². The van der Waals surface area contributed by atoms with Gasteiger partial charge < -0.3 is 46.5 Å². The summed E-state index contributed by atoms with van der Waals surface area (Å²) >= 11 is 7.98. The second-order valence-corrected chi connectivity index (χ2v) is 16.0. The third-order valence-electron chi connectivity index (χ3n) is 9.05. The molecule has 0 radical (unpaired) electrons. The van der Waals surface area contributed by atoms with Crippen LogP contribution in [0.2, 0.25) is 0 Å². The van der Waals surface area contributed by atoms with E-state index in [-0.39, 0.29) is 133 Å². The van der Waals surface area contributed by atoms with Gasteiger partial charge in [-0.15, -0.1) is 23.5 Å². The molecule has 2 aromatic rings. The van der Waals surface area contributed by atoms with Crippen LogP contribution in [0.4, 0.5) is 0 Å².